The number of rotatable bonds is 6. The Morgan fingerprint density at radius 3 is 2.80 bits per heavy atom. The highest BCUT2D eigenvalue weighted by molar-refractivity contribution is 5.97. The maximum Gasteiger partial charge on any atom is 0.253 e. The molecule has 2 aromatic heterocycles. The van der Waals surface area contributed by atoms with Gasteiger partial charge < -0.3 is 19.6 Å². The van der Waals surface area contributed by atoms with Crippen LogP contribution in [0.5, 0.6) is 5.75 Å². The second kappa shape index (κ2) is 8.06. The van der Waals surface area contributed by atoms with Gasteiger partial charge in [-0.1, -0.05) is 6.92 Å². The average molecular weight is 403 g/mol. The van der Waals surface area contributed by atoms with Crippen LogP contribution in [0.3, 0.4) is 0 Å². The van der Waals surface area contributed by atoms with Gasteiger partial charge in [-0.25, -0.2) is 0 Å². The molecule has 0 aliphatic rings. The second-order valence-electron chi connectivity index (χ2n) is 7.56. The Bertz CT molecular complexity index is 1300. The van der Waals surface area contributed by atoms with Crippen LogP contribution < -0.4 is 15.6 Å². The summed E-state index contributed by atoms with van der Waals surface area (Å²) >= 11 is 0. The summed E-state index contributed by atoms with van der Waals surface area (Å²) in [5, 5.41) is 4.87. The number of amides is 1. The minimum absolute atomic E-state index is 0.0130. The van der Waals surface area contributed by atoms with E-state index in [0.29, 0.717) is 17.9 Å². The Morgan fingerprint density at radius 2 is 2.00 bits per heavy atom. The number of carbonyl (C=O) groups is 1. The van der Waals surface area contributed by atoms with Crippen molar-refractivity contribution in [3.63, 3.8) is 0 Å². The van der Waals surface area contributed by atoms with Crippen LogP contribution in [-0.4, -0.2) is 22.1 Å². The normalized spacial score (nSPS) is 11.2. The molecule has 4 rings (SSSR count). The molecule has 0 bridgehead atoms. The van der Waals surface area contributed by atoms with E-state index >= 15 is 0 Å². The Kier molecular flexibility index (Phi) is 5.31. The van der Waals surface area contributed by atoms with E-state index in [-0.39, 0.29) is 17.9 Å². The fourth-order valence-electron chi connectivity index (χ4n) is 3.71. The molecule has 0 radical (unpaired) electrons. The lowest BCUT2D eigenvalue weighted by atomic mass is 10.1. The summed E-state index contributed by atoms with van der Waals surface area (Å²) < 4.78 is 7.34. The first kappa shape index (κ1) is 19.8. The summed E-state index contributed by atoms with van der Waals surface area (Å²) in [6, 6.07) is 13.3. The lowest BCUT2D eigenvalue weighted by molar-refractivity contribution is -0.115. The second-order valence-corrected chi connectivity index (χ2v) is 7.56. The highest BCUT2D eigenvalue weighted by Gasteiger charge is 2.11. The molecule has 2 N–H and O–H groups in total. The van der Waals surface area contributed by atoms with Crippen LogP contribution in [0.25, 0.3) is 21.8 Å². The van der Waals surface area contributed by atoms with E-state index in [4.69, 9.17) is 4.74 Å². The van der Waals surface area contributed by atoms with Crippen LogP contribution >= 0.6 is 0 Å². The minimum Gasteiger partial charge on any atom is -0.494 e. The summed E-state index contributed by atoms with van der Waals surface area (Å²) in [5.41, 5.74) is 4.10. The third-order valence-electron chi connectivity index (χ3n) is 5.25. The van der Waals surface area contributed by atoms with E-state index in [9.17, 15) is 9.59 Å². The fraction of sp³-hybridized carbons (Fsp3) is 0.250. The molecule has 0 saturated heterocycles. The number of nitrogens with one attached hydrogen (secondary N) is 2. The number of aromatic amines is 1. The average Bonchev–Trinajstić information content (AvgIpc) is 3.12. The highest BCUT2D eigenvalue weighted by atomic mass is 16.5. The standard InChI is InChI=1S/C24H25N3O3/c1-4-9-30-19-6-7-21-20(13-19)17(14-25-21)12-23(28)26-18-5-8-22-16(11-18)10-15(2)24(29)27(22)3/h5-8,10-11,13-14,25H,4,9,12H2,1-3H3,(H,26,28). The summed E-state index contributed by atoms with van der Waals surface area (Å²) in [6.07, 6.45) is 3.06. The van der Waals surface area contributed by atoms with E-state index in [2.05, 4.69) is 17.2 Å². The lowest BCUT2D eigenvalue weighted by Crippen LogP contribution is -2.19. The molecule has 1 amide bonds. The molecule has 0 spiro atoms. The van der Waals surface area contributed by atoms with E-state index in [1.807, 2.05) is 48.7 Å². The zero-order chi connectivity index (χ0) is 21.3. The summed E-state index contributed by atoms with van der Waals surface area (Å²) in [7, 11) is 1.76. The number of benzene rings is 2. The van der Waals surface area contributed by atoms with Gasteiger partial charge in [-0.3, -0.25) is 9.59 Å². The molecule has 0 atom stereocenters. The number of ether oxygens (including phenoxy) is 1. The van der Waals surface area contributed by atoms with Crippen molar-refractivity contribution in [2.45, 2.75) is 26.7 Å². The van der Waals surface area contributed by atoms with Crippen molar-refractivity contribution in [2.75, 3.05) is 11.9 Å². The Labute approximate surface area is 174 Å². The van der Waals surface area contributed by atoms with Gasteiger partial charge in [0.2, 0.25) is 5.91 Å². The van der Waals surface area contributed by atoms with Crippen LogP contribution in [0.15, 0.2) is 53.5 Å². The quantitative estimate of drug-likeness (QED) is 0.504. The molecule has 0 unspecified atom stereocenters. The van der Waals surface area contributed by atoms with Gasteiger partial charge in [0.1, 0.15) is 5.75 Å². The predicted molar refractivity (Wildman–Crippen MR) is 120 cm³/mol. The van der Waals surface area contributed by atoms with Crippen molar-refractivity contribution in [1.29, 1.82) is 0 Å². The number of aromatic nitrogens is 2. The van der Waals surface area contributed by atoms with Crippen molar-refractivity contribution < 1.29 is 9.53 Å². The van der Waals surface area contributed by atoms with Gasteiger partial charge in [0.05, 0.1) is 18.5 Å². The molecule has 0 aliphatic heterocycles. The number of fused-ring (bicyclic) bond motifs is 2. The van der Waals surface area contributed by atoms with Gasteiger partial charge in [0, 0.05) is 40.8 Å². The number of nitrogens with zero attached hydrogens (tertiary/aromatic N) is 1. The van der Waals surface area contributed by atoms with Gasteiger partial charge in [-0.2, -0.15) is 0 Å². The van der Waals surface area contributed by atoms with Gasteiger partial charge >= 0.3 is 0 Å². The van der Waals surface area contributed by atoms with Crippen LogP contribution in [0.1, 0.15) is 24.5 Å². The Balaban J connectivity index is 1.55. The molecular formula is C24H25N3O3. The molecule has 0 fully saturated rings. The zero-order valence-electron chi connectivity index (χ0n) is 17.4. The molecule has 0 aliphatic carbocycles. The Hall–Kier alpha value is -3.54. The van der Waals surface area contributed by atoms with Crippen molar-refractivity contribution in [3.8, 4) is 5.75 Å². The summed E-state index contributed by atoms with van der Waals surface area (Å²) in [6.45, 7) is 4.53. The maximum absolute atomic E-state index is 12.7. The lowest BCUT2D eigenvalue weighted by Gasteiger charge is -2.10. The molecular weight excluding hydrogens is 378 g/mol. The van der Waals surface area contributed by atoms with E-state index < -0.39 is 0 Å². The zero-order valence-corrected chi connectivity index (χ0v) is 17.4. The highest BCUT2D eigenvalue weighted by Crippen LogP contribution is 2.25. The van der Waals surface area contributed by atoms with Crippen LogP contribution in [0, 0.1) is 6.92 Å². The smallest absolute Gasteiger partial charge is 0.253 e. The van der Waals surface area contributed by atoms with Crippen molar-refractivity contribution in [2.24, 2.45) is 7.05 Å². The minimum atomic E-state index is -0.100. The van der Waals surface area contributed by atoms with E-state index in [1.165, 1.54) is 0 Å². The van der Waals surface area contributed by atoms with Crippen molar-refractivity contribution >= 4 is 33.4 Å². The van der Waals surface area contributed by atoms with Gasteiger partial charge in [0.25, 0.3) is 5.56 Å². The van der Waals surface area contributed by atoms with Gasteiger partial charge in [-0.05, 0) is 61.4 Å². The number of carbonyl (C=O) groups excluding carboxylic acids is 1. The molecule has 6 heteroatoms. The van der Waals surface area contributed by atoms with Crippen LogP contribution in [0.2, 0.25) is 0 Å². The number of hydrogen-bond acceptors (Lipinski definition) is 3. The summed E-state index contributed by atoms with van der Waals surface area (Å²) in [5.74, 6) is 0.706. The largest absolute Gasteiger partial charge is 0.494 e. The number of hydrogen-bond donors (Lipinski definition) is 2. The van der Waals surface area contributed by atoms with Gasteiger partial charge in [-0.15, -0.1) is 0 Å². The number of anilines is 1. The van der Waals surface area contributed by atoms with E-state index in [0.717, 1.165) is 39.5 Å². The SMILES string of the molecule is CCCOc1ccc2[nH]cc(CC(=O)Nc3ccc4c(c3)cc(C)c(=O)n4C)c2c1. The van der Waals surface area contributed by atoms with E-state index in [1.54, 1.807) is 18.5 Å². The number of pyridine rings is 1. The number of H-pyrrole nitrogens is 1. The van der Waals surface area contributed by atoms with Crippen LogP contribution in [0.4, 0.5) is 5.69 Å². The first-order chi connectivity index (χ1) is 14.5. The maximum atomic E-state index is 12.7. The number of aryl methyl sites for hydroxylation is 2. The molecule has 154 valence electrons. The van der Waals surface area contributed by atoms with Crippen molar-refractivity contribution in [3.05, 3.63) is 70.1 Å². The topological polar surface area (TPSA) is 76.1 Å². The molecule has 4 aromatic rings. The predicted octanol–water partition coefficient (Wildman–Crippen LogP) is 4.30. The van der Waals surface area contributed by atoms with Crippen molar-refractivity contribution in [1.82, 2.24) is 9.55 Å². The first-order valence-corrected chi connectivity index (χ1v) is 10.1. The molecule has 30 heavy (non-hydrogen) atoms. The Morgan fingerprint density at radius 1 is 1.17 bits per heavy atom. The molecule has 6 nitrogen and oxygen atoms in total. The molecule has 2 aromatic carbocycles. The first-order valence-electron chi connectivity index (χ1n) is 10.1. The monoisotopic (exact) mass is 403 g/mol. The summed E-state index contributed by atoms with van der Waals surface area (Å²) in [4.78, 5) is 28.0. The fourth-order valence-corrected chi connectivity index (χ4v) is 3.71. The third kappa shape index (κ3) is 3.81. The third-order valence-corrected chi connectivity index (χ3v) is 5.25. The van der Waals surface area contributed by atoms with Crippen LogP contribution in [-0.2, 0) is 18.3 Å². The molecule has 2 heterocycles. The van der Waals surface area contributed by atoms with Gasteiger partial charge in [0.15, 0.2) is 0 Å². The molecule has 0 saturated carbocycles.